The maximum atomic E-state index is 5.79. The second-order valence-corrected chi connectivity index (χ2v) is 5.33. The van der Waals surface area contributed by atoms with Crippen molar-refractivity contribution < 1.29 is 4.42 Å². The number of hydrogen-bond acceptors (Lipinski definition) is 4. The largest absolute Gasteiger partial charge is 0.464 e. The summed E-state index contributed by atoms with van der Waals surface area (Å²) in [4.78, 5) is 0. The molecular weight excluding hydrogens is 320 g/mol. The molecular formula is C14H15BrN4O. The van der Waals surface area contributed by atoms with E-state index in [-0.39, 0.29) is 6.04 Å². The Labute approximate surface area is 124 Å². The van der Waals surface area contributed by atoms with Gasteiger partial charge in [0.05, 0.1) is 28.7 Å². The number of aromatic nitrogens is 2. The molecule has 0 amide bonds. The van der Waals surface area contributed by atoms with Crippen LogP contribution in [0.15, 0.2) is 45.6 Å². The van der Waals surface area contributed by atoms with Crippen LogP contribution in [0.1, 0.15) is 24.2 Å². The Morgan fingerprint density at radius 2 is 2.25 bits per heavy atom. The number of aryl methyl sites for hydroxylation is 1. The quantitative estimate of drug-likeness (QED) is 0.568. The summed E-state index contributed by atoms with van der Waals surface area (Å²) in [7, 11) is 0. The minimum Gasteiger partial charge on any atom is -0.464 e. The highest BCUT2D eigenvalue weighted by atomic mass is 79.9. The van der Waals surface area contributed by atoms with Gasteiger partial charge in [0.2, 0.25) is 0 Å². The van der Waals surface area contributed by atoms with Gasteiger partial charge in [-0.3, -0.25) is 10.5 Å². The fourth-order valence-electron chi connectivity index (χ4n) is 2.45. The summed E-state index contributed by atoms with van der Waals surface area (Å²) in [5.41, 5.74) is 5.70. The van der Waals surface area contributed by atoms with Crippen LogP contribution in [0.3, 0.4) is 0 Å². The molecule has 0 aliphatic heterocycles. The molecule has 20 heavy (non-hydrogen) atoms. The molecule has 0 aliphatic carbocycles. The molecule has 6 heteroatoms. The van der Waals surface area contributed by atoms with Gasteiger partial charge < -0.3 is 4.42 Å². The van der Waals surface area contributed by atoms with E-state index in [2.05, 4.69) is 26.5 Å². The molecule has 2 heterocycles. The number of halogens is 1. The highest BCUT2D eigenvalue weighted by Crippen LogP contribution is 2.33. The van der Waals surface area contributed by atoms with Crippen molar-refractivity contribution in [1.29, 1.82) is 0 Å². The van der Waals surface area contributed by atoms with Gasteiger partial charge in [-0.15, -0.1) is 0 Å². The molecule has 104 valence electrons. The lowest BCUT2D eigenvalue weighted by molar-refractivity contribution is 0.533. The molecule has 1 atom stereocenters. The third-order valence-electron chi connectivity index (χ3n) is 3.39. The minimum absolute atomic E-state index is 0.185. The highest BCUT2D eigenvalue weighted by Gasteiger charge is 2.23. The predicted molar refractivity (Wildman–Crippen MR) is 81.0 cm³/mol. The van der Waals surface area contributed by atoms with Gasteiger partial charge in [-0.2, -0.15) is 5.10 Å². The number of nitrogens with one attached hydrogen (secondary N) is 1. The van der Waals surface area contributed by atoms with Crippen LogP contribution in [0.5, 0.6) is 0 Å². The summed E-state index contributed by atoms with van der Waals surface area (Å²) < 4.78 is 8.44. The van der Waals surface area contributed by atoms with E-state index in [9.17, 15) is 0 Å². The maximum Gasteiger partial charge on any atom is 0.134 e. The van der Waals surface area contributed by atoms with Gasteiger partial charge in [-0.25, -0.2) is 5.43 Å². The lowest BCUT2D eigenvalue weighted by Gasteiger charge is -2.17. The molecule has 0 fully saturated rings. The van der Waals surface area contributed by atoms with E-state index in [0.717, 1.165) is 33.2 Å². The van der Waals surface area contributed by atoms with Crippen LogP contribution in [0.25, 0.3) is 11.0 Å². The number of hydrazine groups is 1. The summed E-state index contributed by atoms with van der Waals surface area (Å²) in [6, 6.07) is 7.72. The number of rotatable bonds is 4. The number of hydrogen-bond donors (Lipinski definition) is 2. The van der Waals surface area contributed by atoms with Crippen molar-refractivity contribution in [2.24, 2.45) is 5.84 Å². The summed E-state index contributed by atoms with van der Waals surface area (Å²) in [6.07, 6.45) is 3.53. The molecule has 0 aliphatic rings. The third-order valence-corrected chi connectivity index (χ3v) is 4.01. The van der Waals surface area contributed by atoms with Crippen molar-refractivity contribution in [1.82, 2.24) is 15.2 Å². The molecule has 0 radical (unpaired) electrons. The Morgan fingerprint density at radius 1 is 1.45 bits per heavy atom. The molecule has 0 saturated heterocycles. The number of furan rings is 1. The SMILES string of the molecule is CCn1ncc(Br)c1C(NN)c1coc2ccccc12. The van der Waals surface area contributed by atoms with Crippen LogP contribution in [0.2, 0.25) is 0 Å². The first-order valence-corrected chi connectivity index (χ1v) is 7.19. The van der Waals surface area contributed by atoms with Gasteiger partial charge in [0, 0.05) is 17.5 Å². The number of nitrogens with zero attached hydrogens (tertiary/aromatic N) is 2. The van der Waals surface area contributed by atoms with Crippen LogP contribution < -0.4 is 11.3 Å². The molecule has 0 bridgehead atoms. The second kappa shape index (κ2) is 5.40. The van der Waals surface area contributed by atoms with Crippen molar-refractivity contribution in [3.63, 3.8) is 0 Å². The smallest absolute Gasteiger partial charge is 0.134 e. The van der Waals surface area contributed by atoms with Gasteiger partial charge in [0.15, 0.2) is 0 Å². The Balaban J connectivity index is 2.16. The second-order valence-electron chi connectivity index (χ2n) is 4.48. The zero-order valence-corrected chi connectivity index (χ0v) is 12.6. The van der Waals surface area contributed by atoms with Crippen molar-refractivity contribution in [2.45, 2.75) is 19.5 Å². The van der Waals surface area contributed by atoms with Crippen molar-refractivity contribution in [2.75, 3.05) is 0 Å². The zero-order valence-electron chi connectivity index (χ0n) is 11.0. The fourth-order valence-corrected chi connectivity index (χ4v) is 2.97. The number of benzene rings is 1. The van der Waals surface area contributed by atoms with Crippen molar-refractivity contribution >= 4 is 26.9 Å². The first kappa shape index (κ1) is 13.4. The van der Waals surface area contributed by atoms with Crippen molar-refractivity contribution in [3.8, 4) is 0 Å². The summed E-state index contributed by atoms with van der Waals surface area (Å²) in [5, 5.41) is 5.38. The summed E-state index contributed by atoms with van der Waals surface area (Å²) in [6.45, 7) is 2.82. The van der Waals surface area contributed by atoms with E-state index in [0.29, 0.717) is 0 Å². The van der Waals surface area contributed by atoms with E-state index in [1.807, 2.05) is 35.9 Å². The normalized spacial score (nSPS) is 12.9. The Morgan fingerprint density at radius 3 is 3.00 bits per heavy atom. The molecule has 1 aromatic carbocycles. The average molecular weight is 335 g/mol. The zero-order chi connectivity index (χ0) is 14.1. The Hall–Kier alpha value is -1.63. The van der Waals surface area contributed by atoms with Crippen LogP contribution in [0, 0.1) is 0 Å². The third kappa shape index (κ3) is 2.06. The first-order valence-electron chi connectivity index (χ1n) is 6.39. The Kier molecular flexibility index (Phi) is 3.60. The Bertz CT molecular complexity index is 734. The van der Waals surface area contributed by atoms with Crippen LogP contribution >= 0.6 is 15.9 Å². The lowest BCUT2D eigenvalue weighted by Crippen LogP contribution is -2.30. The molecule has 1 unspecified atom stereocenters. The van der Waals surface area contributed by atoms with E-state index in [4.69, 9.17) is 10.3 Å². The minimum atomic E-state index is -0.185. The standard InChI is InChI=1S/C14H15BrN4O/c1-2-19-14(11(15)7-17-19)13(18-16)10-8-20-12-6-4-3-5-9(10)12/h3-8,13,18H,2,16H2,1H3. The average Bonchev–Trinajstić information content (AvgIpc) is 3.06. The number of nitrogens with two attached hydrogens (primary N) is 1. The predicted octanol–water partition coefficient (Wildman–Crippen LogP) is 2.96. The number of para-hydroxylation sites is 1. The molecule has 5 nitrogen and oxygen atoms in total. The molecule has 3 rings (SSSR count). The first-order chi connectivity index (χ1) is 9.76. The highest BCUT2D eigenvalue weighted by molar-refractivity contribution is 9.10. The van der Waals surface area contributed by atoms with Crippen molar-refractivity contribution in [3.05, 3.63) is 52.5 Å². The van der Waals surface area contributed by atoms with Gasteiger partial charge in [-0.1, -0.05) is 18.2 Å². The molecule has 3 N–H and O–H groups in total. The van der Waals surface area contributed by atoms with Gasteiger partial charge >= 0.3 is 0 Å². The maximum absolute atomic E-state index is 5.79. The molecule has 0 spiro atoms. The van der Waals surface area contributed by atoms with E-state index >= 15 is 0 Å². The van der Waals surface area contributed by atoms with E-state index < -0.39 is 0 Å². The molecule has 0 saturated carbocycles. The van der Waals surface area contributed by atoms with Crippen LogP contribution in [0.4, 0.5) is 0 Å². The van der Waals surface area contributed by atoms with Gasteiger partial charge in [-0.05, 0) is 28.9 Å². The van der Waals surface area contributed by atoms with Crippen LogP contribution in [-0.4, -0.2) is 9.78 Å². The van der Waals surface area contributed by atoms with Crippen LogP contribution in [-0.2, 0) is 6.54 Å². The molecule has 3 aromatic rings. The van der Waals surface area contributed by atoms with E-state index in [1.165, 1.54) is 0 Å². The van der Waals surface area contributed by atoms with Gasteiger partial charge in [0.1, 0.15) is 5.58 Å². The lowest BCUT2D eigenvalue weighted by atomic mass is 10.0. The fraction of sp³-hybridized carbons (Fsp3) is 0.214. The van der Waals surface area contributed by atoms with Gasteiger partial charge in [0.25, 0.3) is 0 Å². The summed E-state index contributed by atoms with van der Waals surface area (Å²) >= 11 is 3.54. The number of fused-ring (bicyclic) bond motifs is 1. The van der Waals surface area contributed by atoms with E-state index in [1.54, 1.807) is 12.5 Å². The molecule has 2 aromatic heterocycles. The summed E-state index contributed by atoms with van der Waals surface area (Å²) in [5.74, 6) is 5.79. The monoisotopic (exact) mass is 334 g/mol. The topological polar surface area (TPSA) is 69.0 Å².